The van der Waals surface area contributed by atoms with Gasteiger partial charge in [0.1, 0.15) is 5.75 Å². The summed E-state index contributed by atoms with van der Waals surface area (Å²) in [4.78, 5) is 24.7. The number of carbonyl (C=O) groups is 2. The average Bonchev–Trinajstić information content (AvgIpc) is 3.19. The van der Waals surface area contributed by atoms with E-state index in [-0.39, 0.29) is 18.7 Å². The van der Waals surface area contributed by atoms with Crippen LogP contribution in [0.3, 0.4) is 0 Å². The molecule has 1 aliphatic heterocycles. The molecule has 1 fully saturated rings. The molecule has 2 heterocycles. The van der Waals surface area contributed by atoms with Crippen LogP contribution in [0, 0.1) is 6.92 Å². The molecule has 0 saturated carbocycles. The van der Waals surface area contributed by atoms with Crippen LogP contribution >= 0.6 is 0 Å². The zero-order valence-corrected chi connectivity index (χ0v) is 13.8. The third-order valence-electron chi connectivity index (χ3n) is 4.30. The second-order valence-corrected chi connectivity index (χ2v) is 5.88. The van der Waals surface area contributed by atoms with Crippen LogP contribution in [0.4, 0.5) is 4.39 Å². The molecule has 2 aromatic rings. The Kier molecular flexibility index (Phi) is 4.15. The highest BCUT2D eigenvalue weighted by atomic mass is 19.1. The molecule has 8 nitrogen and oxygen atoms in total. The Labute approximate surface area is 142 Å². The van der Waals surface area contributed by atoms with E-state index in [1.807, 2.05) is 0 Å². The van der Waals surface area contributed by atoms with E-state index in [0.717, 1.165) is 4.90 Å². The third kappa shape index (κ3) is 2.92. The van der Waals surface area contributed by atoms with Crippen molar-refractivity contribution in [2.75, 3.05) is 20.2 Å². The second kappa shape index (κ2) is 6.15. The van der Waals surface area contributed by atoms with Gasteiger partial charge in [0.15, 0.2) is 5.69 Å². The molecule has 1 N–H and O–H groups in total. The van der Waals surface area contributed by atoms with Gasteiger partial charge in [-0.2, -0.15) is 0 Å². The van der Waals surface area contributed by atoms with Crippen molar-refractivity contribution >= 4 is 11.9 Å². The maximum absolute atomic E-state index is 14.2. The first kappa shape index (κ1) is 16.9. The van der Waals surface area contributed by atoms with Gasteiger partial charge >= 0.3 is 5.97 Å². The maximum atomic E-state index is 14.2. The Morgan fingerprint density at radius 3 is 2.56 bits per heavy atom. The number of benzene rings is 1. The Morgan fingerprint density at radius 1 is 1.32 bits per heavy atom. The van der Waals surface area contributed by atoms with Crippen LogP contribution < -0.4 is 4.74 Å². The minimum atomic E-state index is -2.41. The van der Waals surface area contributed by atoms with Crippen molar-refractivity contribution in [3.05, 3.63) is 35.7 Å². The van der Waals surface area contributed by atoms with Crippen molar-refractivity contribution in [3.8, 4) is 11.4 Å². The van der Waals surface area contributed by atoms with Gasteiger partial charge in [-0.25, -0.2) is 13.9 Å². The quantitative estimate of drug-likeness (QED) is 0.892. The van der Waals surface area contributed by atoms with Crippen molar-refractivity contribution < 1.29 is 23.8 Å². The number of ether oxygens (including phenoxy) is 1. The number of methoxy groups -OCH3 is 1. The Bertz CT molecular complexity index is 820. The average molecular weight is 348 g/mol. The van der Waals surface area contributed by atoms with Gasteiger partial charge in [0.25, 0.3) is 5.91 Å². The van der Waals surface area contributed by atoms with Crippen molar-refractivity contribution in [2.24, 2.45) is 0 Å². The lowest BCUT2D eigenvalue weighted by atomic mass is 10.1. The summed E-state index contributed by atoms with van der Waals surface area (Å²) in [6, 6.07) is 7.04. The van der Waals surface area contributed by atoms with Gasteiger partial charge in [0, 0.05) is 13.0 Å². The van der Waals surface area contributed by atoms with Crippen LogP contribution in [-0.2, 0) is 4.79 Å². The summed E-state index contributed by atoms with van der Waals surface area (Å²) in [5.41, 5.74) is -1.15. The van der Waals surface area contributed by atoms with E-state index >= 15 is 0 Å². The number of aliphatic carboxylic acids is 1. The number of halogens is 1. The SMILES string of the molecule is COc1ccc(-n2nnc(C(=O)N3CCC(F)(C(=O)O)C3)c2C)cc1. The molecule has 0 bridgehead atoms. The molecule has 1 saturated heterocycles. The second-order valence-electron chi connectivity index (χ2n) is 5.88. The van der Waals surface area contributed by atoms with E-state index in [0.29, 0.717) is 17.1 Å². The summed E-state index contributed by atoms with van der Waals surface area (Å²) in [6.45, 7) is 1.21. The van der Waals surface area contributed by atoms with Crippen molar-refractivity contribution in [2.45, 2.75) is 19.0 Å². The van der Waals surface area contributed by atoms with Gasteiger partial charge in [-0.15, -0.1) is 5.10 Å². The van der Waals surface area contributed by atoms with Crippen molar-refractivity contribution in [1.29, 1.82) is 0 Å². The topological polar surface area (TPSA) is 97.5 Å². The zero-order valence-electron chi connectivity index (χ0n) is 13.8. The molecular formula is C16H17FN4O4. The molecule has 1 aromatic heterocycles. The van der Waals surface area contributed by atoms with Crippen LogP contribution in [0.5, 0.6) is 5.75 Å². The van der Waals surface area contributed by atoms with Crippen LogP contribution in [0.25, 0.3) is 5.69 Å². The standard InChI is InChI=1S/C16H17FN4O4/c1-10-13(14(22)20-8-7-16(17,9-20)15(23)24)18-19-21(10)11-3-5-12(25-2)6-4-11/h3-6H,7-9H2,1-2H3,(H,23,24). The lowest BCUT2D eigenvalue weighted by Crippen LogP contribution is -2.39. The summed E-state index contributed by atoms with van der Waals surface area (Å²) in [7, 11) is 1.56. The predicted octanol–water partition coefficient (Wildman–Crippen LogP) is 1.22. The monoisotopic (exact) mass is 348 g/mol. The molecule has 1 amide bonds. The molecule has 9 heteroatoms. The third-order valence-corrected chi connectivity index (χ3v) is 4.30. The Morgan fingerprint density at radius 2 is 2.00 bits per heavy atom. The molecule has 1 aromatic carbocycles. The van der Waals surface area contributed by atoms with E-state index in [4.69, 9.17) is 9.84 Å². The largest absolute Gasteiger partial charge is 0.497 e. The highest BCUT2D eigenvalue weighted by Crippen LogP contribution is 2.27. The smallest absolute Gasteiger partial charge is 0.343 e. The number of rotatable bonds is 4. The van der Waals surface area contributed by atoms with Gasteiger partial charge in [0.2, 0.25) is 5.67 Å². The minimum absolute atomic E-state index is 0.0243. The van der Waals surface area contributed by atoms with E-state index in [9.17, 15) is 14.0 Å². The summed E-state index contributed by atoms with van der Waals surface area (Å²) < 4.78 is 20.7. The fourth-order valence-electron chi connectivity index (χ4n) is 2.77. The van der Waals surface area contributed by atoms with Crippen LogP contribution in [0.15, 0.2) is 24.3 Å². The van der Waals surface area contributed by atoms with Gasteiger partial charge in [-0.3, -0.25) is 4.79 Å². The zero-order chi connectivity index (χ0) is 18.2. The molecule has 132 valence electrons. The normalized spacial score (nSPS) is 19.9. The number of aromatic nitrogens is 3. The van der Waals surface area contributed by atoms with Gasteiger partial charge in [0.05, 0.1) is 25.0 Å². The first-order valence-corrected chi connectivity index (χ1v) is 7.64. The Balaban J connectivity index is 1.83. The van der Waals surface area contributed by atoms with Gasteiger partial charge < -0.3 is 14.7 Å². The van der Waals surface area contributed by atoms with Crippen molar-refractivity contribution in [1.82, 2.24) is 19.9 Å². The molecule has 0 spiro atoms. The summed E-state index contributed by atoms with van der Waals surface area (Å²) in [5.74, 6) is -1.40. The molecule has 25 heavy (non-hydrogen) atoms. The van der Waals surface area contributed by atoms with Crippen molar-refractivity contribution in [3.63, 3.8) is 0 Å². The number of carboxylic acid groups (broad SMARTS) is 1. The fourth-order valence-corrected chi connectivity index (χ4v) is 2.77. The highest BCUT2D eigenvalue weighted by molar-refractivity contribution is 5.94. The minimum Gasteiger partial charge on any atom is -0.497 e. The number of carbonyl (C=O) groups excluding carboxylic acids is 1. The molecule has 1 unspecified atom stereocenters. The molecule has 3 rings (SSSR count). The van der Waals surface area contributed by atoms with E-state index in [1.54, 1.807) is 38.3 Å². The summed E-state index contributed by atoms with van der Waals surface area (Å²) >= 11 is 0. The molecule has 0 radical (unpaired) electrons. The fraction of sp³-hybridized carbons (Fsp3) is 0.375. The van der Waals surface area contributed by atoms with E-state index in [1.165, 1.54) is 4.68 Å². The lowest BCUT2D eigenvalue weighted by Gasteiger charge is -2.16. The number of amides is 1. The number of hydrogen-bond acceptors (Lipinski definition) is 5. The van der Waals surface area contributed by atoms with Gasteiger partial charge in [-0.1, -0.05) is 5.21 Å². The molecule has 1 atom stereocenters. The van der Waals surface area contributed by atoms with E-state index < -0.39 is 24.1 Å². The summed E-state index contributed by atoms with van der Waals surface area (Å²) in [6.07, 6.45) is -0.236. The first-order valence-electron chi connectivity index (χ1n) is 7.64. The van der Waals surface area contributed by atoms with Crippen LogP contribution in [0.2, 0.25) is 0 Å². The Hall–Kier alpha value is -2.97. The number of alkyl halides is 1. The van der Waals surface area contributed by atoms with Gasteiger partial charge in [-0.05, 0) is 31.2 Å². The number of carboxylic acids is 1. The molecule has 1 aliphatic rings. The number of hydrogen-bond donors (Lipinski definition) is 1. The highest BCUT2D eigenvalue weighted by Gasteiger charge is 2.47. The molecular weight excluding hydrogens is 331 g/mol. The lowest BCUT2D eigenvalue weighted by molar-refractivity contribution is -0.149. The maximum Gasteiger partial charge on any atom is 0.343 e. The molecule has 0 aliphatic carbocycles. The van der Waals surface area contributed by atoms with Crippen LogP contribution in [-0.4, -0.2) is 62.7 Å². The summed E-state index contributed by atoms with van der Waals surface area (Å²) in [5, 5.41) is 16.8. The van der Waals surface area contributed by atoms with E-state index in [2.05, 4.69) is 10.3 Å². The number of likely N-dealkylation sites (tertiary alicyclic amines) is 1. The van der Waals surface area contributed by atoms with Crippen LogP contribution in [0.1, 0.15) is 22.6 Å². The first-order chi connectivity index (χ1) is 11.9. The predicted molar refractivity (Wildman–Crippen MR) is 84.6 cm³/mol. The number of nitrogens with zero attached hydrogens (tertiary/aromatic N) is 4.